The smallest absolute Gasteiger partial charge is 0.255 e. The van der Waals surface area contributed by atoms with Crippen molar-refractivity contribution in [1.82, 2.24) is 5.32 Å². The molecule has 2 nitrogen and oxygen atoms in total. The van der Waals surface area contributed by atoms with Crippen molar-refractivity contribution < 1.29 is 4.79 Å². The largest absolute Gasteiger partial charge is 0.327 e. The summed E-state index contributed by atoms with van der Waals surface area (Å²) >= 11 is 0. The predicted molar refractivity (Wildman–Crippen MR) is 67.4 cm³/mol. The molecule has 0 aliphatic carbocycles. The number of carbonyl (C=O) groups is 1. The molecule has 0 saturated heterocycles. The van der Waals surface area contributed by atoms with Gasteiger partial charge in [0, 0.05) is 11.3 Å². The standard InChI is InChI=1S/C14H19NO/c1-10(2)15-13(16)11-6-8-12(9-7-11)14(3,4)5/h6-9H,1H2,2-5H3,(H,15,16). The lowest BCUT2D eigenvalue weighted by molar-refractivity contribution is 0.0966. The van der Waals surface area contributed by atoms with E-state index in [4.69, 9.17) is 0 Å². The van der Waals surface area contributed by atoms with Gasteiger partial charge in [0.2, 0.25) is 0 Å². The van der Waals surface area contributed by atoms with E-state index in [1.165, 1.54) is 5.56 Å². The first kappa shape index (κ1) is 12.5. The van der Waals surface area contributed by atoms with Gasteiger partial charge in [-0.25, -0.2) is 0 Å². The van der Waals surface area contributed by atoms with Gasteiger partial charge in [-0.2, -0.15) is 0 Å². The van der Waals surface area contributed by atoms with Crippen molar-refractivity contribution in [3.05, 3.63) is 47.7 Å². The van der Waals surface area contributed by atoms with Crippen molar-refractivity contribution in [2.24, 2.45) is 0 Å². The van der Waals surface area contributed by atoms with Gasteiger partial charge in [-0.1, -0.05) is 39.5 Å². The predicted octanol–water partition coefficient (Wildman–Crippen LogP) is 3.25. The molecule has 1 aromatic rings. The summed E-state index contributed by atoms with van der Waals surface area (Å²) in [4.78, 5) is 11.6. The van der Waals surface area contributed by atoms with Crippen LogP contribution in [0.3, 0.4) is 0 Å². The van der Waals surface area contributed by atoms with E-state index in [0.717, 1.165) is 0 Å². The topological polar surface area (TPSA) is 29.1 Å². The Balaban J connectivity index is 2.87. The first-order valence-corrected chi connectivity index (χ1v) is 5.38. The fourth-order valence-corrected chi connectivity index (χ4v) is 1.39. The molecule has 1 N–H and O–H groups in total. The second-order valence-corrected chi connectivity index (χ2v) is 5.06. The number of nitrogens with one attached hydrogen (secondary N) is 1. The van der Waals surface area contributed by atoms with Crippen molar-refractivity contribution in [3.8, 4) is 0 Å². The number of benzene rings is 1. The number of carbonyl (C=O) groups excluding carboxylic acids is 1. The fourth-order valence-electron chi connectivity index (χ4n) is 1.39. The third kappa shape index (κ3) is 3.23. The second-order valence-electron chi connectivity index (χ2n) is 5.06. The maximum Gasteiger partial charge on any atom is 0.255 e. The molecular weight excluding hydrogens is 198 g/mol. The molecule has 0 radical (unpaired) electrons. The molecule has 2 heteroatoms. The van der Waals surface area contributed by atoms with Crippen LogP contribution in [0.25, 0.3) is 0 Å². The zero-order valence-corrected chi connectivity index (χ0v) is 10.4. The minimum atomic E-state index is -0.104. The van der Waals surface area contributed by atoms with Gasteiger partial charge in [0.05, 0.1) is 0 Å². The molecule has 0 aromatic heterocycles. The zero-order valence-electron chi connectivity index (χ0n) is 10.4. The van der Waals surface area contributed by atoms with Crippen molar-refractivity contribution in [2.45, 2.75) is 33.1 Å². The number of rotatable bonds is 2. The van der Waals surface area contributed by atoms with Gasteiger partial charge < -0.3 is 5.32 Å². The second kappa shape index (κ2) is 4.52. The van der Waals surface area contributed by atoms with Crippen LogP contribution in [0.5, 0.6) is 0 Å². The monoisotopic (exact) mass is 217 g/mol. The van der Waals surface area contributed by atoms with E-state index in [1.54, 1.807) is 6.92 Å². The summed E-state index contributed by atoms with van der Waals surface area (Å²) in [6, 6.07) is 7.68. The summed E-state index contributed by atoms with van der Waals surface area (Å²) < 4.78 is 0. The van der Waals surface area contributed by atoms with Crippen LogP contribution in [0.2, 0.25) is 0 Å². The molecule has 0 atom stereocenters. The normalized spacial score (nSPS) is 11.0. The first-order valence-electron chi connectivity index (χ1n) is 5.38. The lowest BCUT2D eigenvalue weighted by atomic mass is 9.87. The van der Waals surface area contributed by atoms with Gasteiger partial charge >= 0.3 is 0 Å². The number of allylic oxidation sites excluding steroid dienone is 1. The SMILES string of the molecule is C=C(C)NC(=O)c1ccc(C(C)(C)C)cc1. The summed E-state index contributed by atoms with van der Waals surface area (Å²) in [5, 5.41) is 2.68. The fraction of sp³-hybridized carbons (Fsp3) is 0.357. The van der Waals surface area contributed by atoms with Crippen LogP contribution in [0, 0.1) is 0 Å². The van der Waals surface area contributed by atoms with Crippen molar-refractivity contribution in [1.29, 1.82) is 0 Å². The molecule has 16 heavy (non-hydrogen) atoms. The summed E-state index contributed by atoms with van der Waals surface area (Å²) in [6.07, 6.45) is 0. The van der Waals surface area contributed by atoms with Crippen molar-refractivity contribution >= 4 is 5.91 Å². The number of hydrogen-bond donors (Lipinski definition) is 1. The Morgan fingerprint density at radius 2 is 1.69 bits per heavy atom. The highest BCUT2D eigenvalue weighted by Crippen LogP contribution is 2.22. The molecule has 86 valence electrons. The molecule has 1 rings (SSSR count). The van der Waals surface area contributed by atoms with Crippen LogP contribution in [0.15, 0.2) is 36.5 Å². The minimum absolute atomic E-state index is 0.104. The molecular formula is C14H19NO. The Labute approximate surface area is 97.4 Å². The maximum atomic E-state index is 11.6. The third-order valence-corrected chi connectivity index (χ3v) is 2.34. The van der Waals surface area contributed by atoms with Crippen molar-refractivity contribution in [3.63, 3.8) is 0 Å². The average Bonchev–Trinajstić information content (AvgIpc) is 2.15. The van der Waals surface area contributed by atoms with Gasteiger partial charge in [0.25, 0.3) is 5.91 Å². The maximum absolute atomic E-state index is 11.6. The van der Waals surface area contributed by atoms with E-state index in [-0.39, 0.29) is 11.3 Å². The van der Waals surface area contributed by atoms with Crippen LogP contribution < -0.4 is 5.32 Å². The molecule has 0 spiro atoms. The Morgan fingerprint density at radius 3 is 2.06 bits per heavy atom. The van der Waals surface area contributed by atoms with Crippen LogP contribution >= 0.6 is 0 Å². The van der Waals surface area contributed by atoms with E-state index in [9.17, 15) is 4.79 Å². The third-order valence-electron chi connectivity index (χ3n) is 2.34. The van der Waals surface area contributed by atoms with Crippen LogP contribution in [-0.4, -0.2) is 5.91 Å². The summed E-state index contributed by atoms with van der Waals surface area (Å²) in [5.41, 5.74) is 2.66. The van der Waals surface area contributed by atoms with Crippen LogP contribution in [-0.2, 0) is 5.41 Å². The van der Waals surface area contributed by atoms with Gasteiger partial charge in [0.15, 0.2) is 0 Å². The molecule has 0 fully saturated rings. The molecule has 0 unspecified atom stereocenters. The lowest BCUT2D eigenvalue weighted by Gasteiger charge is -2.19. The van der Waals surface area contributed by atoms with E-state index in [2.05, 4.69) is 32.7 Å². The number of amides is 1. The highest BCUT2D eigenvalue weighted by Gasteiger charge is 2.14. The molecule has 0 heterocycles. The quantitative estimate of drug-likeness (QED) is 0.809. The van der Waals surface area contributed by atoms with E-state index in [0.29, 0.717) is 11.3 Å². The van der Waals surface area contributed by atoms with Crippen LogP contribution in [0.4, 0.5) is 0 Å². The highest BCUT2D eigenvalue weighted by atomic mass is 16.1. The van der Waals surface area contributed by atoms with E-state index in [1.807, 2.05) is 24.3 Å². The van der Waals surface area contributed by atoms with E-state index < -0.39 is 0 Å². The molecule has 0 saturated carbocycles. The molecule has 1 amide bonds. The molecule has 0 aliphatic rings. The summed E-state index contributed by atoms with van der Waals surface area (Å²) in [5.74, 6) is -0.104. The zero-order chi connectivity index (χ0) is 12.3. The average molecular weight is 217 g/mol. The van der Waals surface area contributed by atoms with E-state index >= 15 is 0 Å². The van der Waals surface area contributed by atoms with Gasteiger partial charge in [-0.15, -0.1) is 0 Å². The lowest BCUT2D eigenvalue weighted by Crippen LogP contribution is -2.21. The Bertz CT molecular complexity index is 396. The van der Waals surface area contributed by atoms with Crippen LogP contribution in [0.1, 0.15) is 43.6 Å². The summed E-state index contributed by atoms with van der Waals surface area (Å²) in [6.45, 7) is 11.9. The first-order chi connectivity index (χ1) is 7.30. The van der Waals surface area contributed by atoms with Crippen molar-refractivity contribution in [2.75, 3.05) is 0 Å². The van der Waals surface area contributed by atoms with Gasteiger partial charge in [-0.3, -0.25) is 4.79 Å². The highest BCUT2D eigenvalue weighted by molar-refractivity contribution is 5.95. The summed E-state index contributed by atoms with van der Waals surface area (Å²) in [7, 11) is 0. The Kier molecular flexibility index (Phi) is 3.53. The Morgan fingerprint density at radius 1 is 1.19 bits per heavy atom. The molecule has 1 aromatic carbocycles. The van der Waals surface area contributed by atoms with Gasteiger partial charge in [-0.05, 0) is 30.0 Å². The number of hydrogen-bond acceptors (Lipinski definition) is 1. The minimum Gasteiger partial charge on any atom is -0.327 e. The molecule has 0 bridgehead atoms. The Hall–Kier alpha value is -1.57. The molecule has 0 aliphatic heterocycles. The van der Waals surface area contributed by atoms with Gasteiger partial charge in [0.1, 0.15) is 0 Å².